The van der Waals surface area contributed by atoms with E-state index in [9.17, 15) is 13.2 Å². The molecule has 5 heteroatoms. The lowest BCUT2D eigenvalue weighted by Crippen LogP contribution is -2.09. The highest BCUT2D eigenvalue weighted by atomic mass is 19.4. The second-order valence-corrected chi connectivity index (χ2v) is 4.84. The molecule has 1 N–H and O–H groups in total. The number of aromatic nitrogens is 1. The first-order chi connectivity index (χ1) is 9.49. The Morgan fingerprint density at radius 1 is 1.25 bits per heavy atom. The summed E-state index contributed by atoms with van der Waals surface area (Å²) in [7, 11) is 1.84. The van der Waals surface area contributed by atoms with Crippen molar-refractivity contribution >= 4 is 10.9 Å². The van der Waals surface area contributed by atoms with Crippen molar-refractivity contribution in [2.24, 2.45) is 0 Å². The third-order valence-electron chi connectivity index (χ3n) is 3.50. The number of hydrogen-bond acceptors (Lipinski definition) is 1. The molecule has 0 amide bonds. The molecular weight excluding hydrogens is 265 g/mol. The van der Waals surface area contributed by atoms with Gasteiger partial charge in [0.1, 0.15) is 0 Å². The second kappa shape index (κ2) is 5.87. The summed E-state index contributed by atoms with van der Waals surface area (Å²) in [5.74, 6) is 0. The molecule has 0 saturated carbocycles. The molecule has 2 rings (SSSR count). The van der Waals surface area contributed by atoms with Gasteiger partial charge in [0.2, 0.25) is 0 Å². The summed E-state index contributed by atoms with van der Waals surface area (Å²) >= 11 is 0. The molecule has 0 aliphatic rings. The van der Waals surface area contributed by atoms with E-state index in [2.05, 4.69) is 5.32 Å². The topological polar surface area (TPSA) is 17.0 Å². The molecule has 0 aliphatic heterocycles. The molecule has 0 radical (unpaired) electrons. The molecule has 1 heterocycles. The van der Waals surface area contributed by atoms with Gasteiger partial charge in [0, 0.05) is 23.6 Å². The Morgan fingerprint density at radius 2 is 2.00 bits per heavy atom. The lowest BCUT2D eigenvalue weighted by Gasteiger charge is -2.10. The van der Waals surface area contributed by atoms with E-state index in [1.807, 2.05) is 24.7 Å². The van der Waals surface area contributed by atoms with Crippen LogP contribution in [0.1, 0.15) is 24.5 Å². The minimum absolute atomic E-state index is 0.359. The van der Waals surface area contributed by atoms with Crippen molar-refractivity contribution in [3.05, 3.63) is 35.5 Å². The molecule has 20 heavy (non-hydrogen) atoms. The van der Waals surface area contributed by atoms with Crippen LogP contribution in [-0.2, 0) is 19.1 Å². The van der Waals surface area contributed by atoms with E-state index in [1.165, 1.54) is 12.1 Å². The minimum atomic E-state index is -4.31. The van der Waals surface area contributed by atoms with Gasteiger partial charge in [-0.2, -0.15) is 13.2 Å². The van der Waals surface area contributed by atoms with Gasteiger partial charge in [0.05, 0.1) is 5.56 Å². The molecule has 0 bridgehead atoms. The average molecular weight is 284 g/mol. The van der Waals surface area contributed by atoms with Crippen molar-refractivity contribution in [3.8, 4) is 0 Å². The Morgan fingerprint density at radius 3 is 2.60 bits per heavy atom. The summed E-state index contributed by atoms with van der Waals surface area (Å²) in [6, 6.07) is 4.41. The van der Waals surface area contributed by atoms with Crippen molar-refractivity contribution in [3.63, 3.8) is 0 Å². The molecule has 0 fully saturated rings. The van der Waals surface area contributed by atoms with Gasteiger partial charge in [-0.05, 0) is 51.1 Å². The van der Waals surface area contributed by atoms with Gasteiger partial charge >= 0.3 is 6.18 Å². The highest BCUT2D eigenvalue weighted by Gasteiger charge is 2.33. The van der Waals surface area contributed by atoms with E-state index in [4.69, 9.17) is 0 Å². The van der Waals surface area contributed by atoms with Gasteiger partial charge in [0.25, 0.3) is 0 Å². The molecule has 1 aromatic carbocycles. The fraction of sp³-hybridized carbons (Fsp3) is 0.467. The maximum Gasteiger partial charge on any atom is 0.417 e. The van der Waals surface area contributed by atoms with E-state index in [-0.39, 0.29) is 0 Å². The molecular formula is C15H19F3N2. The molecule has 110 valence electrons. The van der Waals surface area contributed by atoms with Crippen LogP contribution < -0.4 is 5.32 Å². The van der Waals surface area contributed by atoms with Crippen LogP contribution in [0.3, 0.4) is 0 Å². The zero-order valence-corrected chi connectivity index (χ0v) is 11.7. The largest absolute Gasteiger partial charge is 0.417 e. The summed E-state index contributed by atoms with van der Waals surface area (Å²) in [5, 5.41) is 3.38. The molecule has 0 spiro atoms. The summed E-state index contributed by atoms with van der Waals surface area (Å²) in [4.78, 5) is 0. The predicted molar refractivity (Wildman–Crippen MR) is 74.9 cm³/mol. The number of alkyl halides is 3. The van der Waals surface area contributed by atoms with Gasteiger partial charge in [-0.3, -0.25) is 0 Å². The Bertz CT molecular complexity index is 585. The number of benzene rings is 1. The van der Waals surface area contributed by atoms with Crippen molar-refractivity contribution in [2.45, 2.75) is 32.5 Å². The maximum absolute atomic E-state index is 13.2. The van der Waals surface area contributed by atoms with Crippen molar-refractivity contribution in [1.82, 2.24) is 9.88 Å². The molecule has 0 aliphatic carbocycles. The highest BCUT2D eigenvalue weighted by molar-refractivity contribution is 5.88. The van der Waals surface area contributed by atoms with Crippen LogP contribution >= 0.6 is 0 Å². The van der Waals surface area contributed by atoms with Gasteiger partial charge in [-0.15, -0.1) is 0 Å². The van der Waals surface area contributed by atoms with E-state index in [0.717, 1.165) is 18.5 Å². The van der Waals surface area contributed by atoms with E-state index in [0.29, 0.717) is 23.9 Å². The molecule has 0 atom stereocenters. The third-order valence-corrected chi connectivity index (χ3v) is 3.50. The van der Waals surface area contributed by atoms with Gasteiger partial charge in [-0.1, -0.05) is 6.07 Å². The molecule has 1 aromatic heterocycles. The quantitative estimate of drug-likeness (QED) is 0.826. The number of hydrogen-bond donors (Lipinski definition) is 1. The number of fused-ring (bicyclic) bond motifs is 1. The highest BCUT2D eigenvalue weighted by Crippen LogP contribution is 2.37. The van der Waals surface area contributed by atoms with Crippen LogP contribution in [-0.4, -0.2) is 18.2 Å². The average Bonchev–Trinajstić information content (AvgIpc) is 2.76. The zero-order chi connectivity index (χ0) is 14.8. The number of aryl methyl sites for hydroxylation is 2. The zero-order valence-electron chi connectivity index (χ0n) is 11.7. The minimum Gasteiger partial charge on any atom is -0.347 e. The fourth-order valence-electron chi connectivity index (χ4n) is 2.58. The number of nitrogens with one attached hydrogen (secondary N) is 1. The first kappa shape index (κ1) is 14.9. The first-order valence-corrected chi connectivity index (χ1v) is 6.81. The molecule has 0 saturated heterocycles. The van der Waals surface area contributed by atoms with Crippen LogP contribution in [0.25, 0.3) is 10.9 Å². The Labute approximate surface area is 116 Å². The summed E-state index contributed by atoms with van der Waals surface area (Å²) < 4.78 is 41.4. The first-order valence-electron chi connectivity index (χ1n) is 6.81. The summed E-state index contributed by atoms with van der Waals surface area (Å²) in [5.41, 5.74) is 0.925. The van der Waals surface area contributed by atoms with Crippen molar-refractivity contribution in [1.29, 1.82) is 0 Å². The van der Waals surface area contributed by atoms with E-state index in [1.54, 1.807) is 6.07 Å². The Balaban J connectivity index is 2.55. The van der Waals surface area contributed by atoms with Crippen LogP contribution in [0, 0.1) is 0 Å². The number of halogens is 3. The third kappa shape index (κ3) is 2.82. The molecule has 2 aromatic rings. The van der Waals surface area contributed by atoms with Gasteiger partial charge < -0.3 is 9.88 Å². The van der Waals surface area contributed by atoms with E-state index < -0.39 is 11.7 Å². The van der Waals surface area contributed by atoms with Crippen LogP contribution in [0.5, 0.6) is 0 Å². The van der Waals surface area contributed by atoms with Crippen molar-refractivity contribution in [2.75, 3.05) is 13.6 Å². The summed E-state index contributed by atoms with van der Waals surface area (Å²) in [6.45, 7) is 3.41. The fourth-order valence-corrected chi connectivity index (χ4v) is 2.58. The second-order valence-electron chi connectivity index (χ2n) is 4.84. The lowest BCUT2D eigenvalue weighted by molar-refractivity contribution is -0.136. The smallest absolute Gasteiger partial charge is 0.347 e. The van der Waals surface area contributed by atoms with Crippen molar-refractivity contribution < 1.29 is 13.2 Å². The normalized spacial score (nSPS) is 12.2. The van der Waals surface area contributed by atoms with Crippen LogP contribution in [0.4, 0.5) is 13.2 Å². The summed E-state index contributed by atoms with van der Waals surface area (Å²) in [6.07, 6.45) is -0.976. The van der Waals surface area contributed by atoms with Gasteiger partial charge in [-0.25, -0.2) is 0 Å². The molecule has 0 unspecified atom stereocenters. The number of rotatable bonds is 5. The standard InChI is InChI=1S/C15H19F3N2/c1-3-20-10-11(6-5-9-19-2)14-12(15(16,17)18)7-4-8-13(14)20/h4,7-8,10,19H,3,5-6,9H2,1-2H3. The predicted octanol–water partition coefficient (Wildman–Crippen LogP) is 3.83. The Kier molecular flexibility index (Phi) is 4.38. The Hall–Kier alpha value is -1.49. The van der Waals surface area contributed by atoms with Crippen LogP contribution in [0.15, 0.2) is 24.4 Å². The lowest BCUT2D eigenvalue weighted by atomic mass is 10.0. The SMILES string of the molecule is CCn1cc(CCCNC)c2c(C(F)(F)F)cccc21. The monoisotopic (exact) mass is 284 g/mol. The van der Waals surface area contributed by atoms with Crippen LogP contribution in [0.2, 0.25) is 0 Å². The molecule has 2 nitrogen and oxygen atoms in total. The number of nitrogens with zero attached hydrogens (tertiary/aromatic N) is 1. The van der Waals surface area contributed by atoms with Gasteiger partial charge in [0.15, 0.2) is 0 Å². The van der Waals surface area contributed by atoms with E-state index >= 15 is 0 Å². The maximum atomic E-state index is 13.2.